The van der Waals surface area contributed by atoms with E-state index in [1.54, 1.807) is 24.1 Å². The van der Waals surface area contributed by atoms with E-state index in [2.05, 4.69) is 5.10 Å². The SMILES string of the molecule is CCC(N)Cc1cc(F)c(Sc2cnn(C)c2)c(F)c1. The minimum absolute atomic E-state index is 0.00757. The van der Waals surface area contributed by atoms with Gasteiger partial charge in [0.25, 0.3) is 0 Å². The minimum atomic E-state index is -0.558. The first-order valence-electron chi connectivity index (χ1n) is 6.39. The van der Waals surface area contributed by atoms with Crippen LogP contribution in [0.4, 0.5) is 8.78 Å². The fraction of sp³-hybridized carbons (Fsp3) is 0.357. The van der Waals surface area contributed by atoms with E-state index in [4.69, 9.17) is 5.73 Å². The topological polar surface area (TPSA) is 43.8 Å². The van der Waals surface area contributed by atoms with Gasteiger partial charge < -0.3 is 5.73 Å². The third-order valence-corrected chi connectivity index (χ3v) is 4.02. The van der Waals surface area contributed by atoms with Gasteiger partial charge in [-0.05, 0) is 30.5 Å². The molecule has 0 saturated carbocycles. The Balaban J connectivity index is 2.22. The summed E-state index contributed by atoms with van der Waals surface area (Å²) in [5.74, 6) is -1.12. The van der Waals surface area contributed by atoms with Crippen LogP contribution in [0.25, 0.3) is 0 Å². The van der Waals surface area contributed by atoms with Crippen molar-refractivity contribution >= 4 is 11.8 Å². The molecule has 3 nitrogen and oxygen atoms in total. The molecule has 0 radical (unpaired) electrons. The lowest BCUT2D eigenvalue weighted by molar-refractivity contribution is 0.533. The molecule has 1 atom stereocenters. The summed E-state index contributed by atoms with van der Waals surface area (Å²) in [6.45, 7) is 1.95. The molecule has 6 heteroatoms. The Kier molecular flexibility index (Phi) is 4.77. The van der Waals surface area contributed by atoms with Crippen molar-refractivity contribution in [3.05, 3.63) is 41.7 Å². The van der Waals surface area contributed by atoms with Crippen molar-refractivity contribution in [2.75, 3.05) is 0 Å². The highest BCUT2D eigenvalue weighted by Crippen LogP contribution is 2.32. The van der Waals surface area contributed by atoms with Crippen molar-refractivity contribution in [1.82, 2.24) is 9.78 Å². The van der Waals surface area contributed by atoms with E-state index in [-0.39, 0.29) is 10.9 Å². The summed E-state index contributed by atoms with van der Waals surface area (Å²) in [7, 11) is 1.76. The van der Waals surface area contributed by atoms with Gasteiger partial charge in [0, 0.05) is 19.3 Å². The molecule has 2 aromatic rings. The number of hydrogen-bond donors (Lipinski definition) is 1. The number of aryl methyl sites for hydroxylation is 1. The van der Waals surface area contributed by atoms with Gasteiger partial charge in [0.15, 0.2) is 0 Å². The number of hydrogen-bond acceptors (Lipinski definition) is 3. The summed E-state index contributed by atoms with van der Waals surface area (Å²) in [5.41, 5.74) is 6.40. The van der Waals surface area contributed by atoms with E-state index in [0.717, 1.165) is 18.2 Å². The average molecular weight is 297 g/mol. The quantitative estimate of drug-likeness (QED) is 0.922. The van der Waals surface area contributed by atoms with E-state index in [0.29, 0.717) is 16.9 Å². The van der Waals surface area contributed by atoms with Gasteiger partial charge in [0.1, 0.15) is 11.6 Å². The zero-order valence-electron chi connectivity index (χ0n) is 11.4. The van der Waals surface area contributed by atoms with E-state index >= 15 is 0 Å². The number of aromatic nitrogens is 2. The summed E-state index contributed by atoms with van der Waals surface area (Å²) >= 11 is 1.03. The Morgan fingerprint density at radius 1 is 1.35 bits per heavy atom. The first kappa shape index (κ1) is 15.0. The summed E-state index contributed by atoms with van der Waals surface area (Å²) in [6.07, 6.45) is 4.53. The maximum Gasteiger partial charge on any atom is 0.140 e. The molecule has 1 heterocycles. The molecule has 0 saturated heterocycles. The number of benzene rings is 1. The summed E-state index contributed by atoms with van der Waals surface area (Å²) in [4.78, 5) is 0.690. The molecule has 2 N–H and O–H groups in total. The highest BCUT2D eigenvalue weighted by molar-refractivity contribution is 7.99. The lowest BCUT2D eigenvalue weighted by Crippen LogP contribution is -2.21. The maximum absolute atomic E-state index is 14.0. The predicted molar refractivity (Wildman–Crippen MR) is 75.7 cm³/mol. The first-order chi connectivity index (χ1) is 9.49. The largest absolute Gasteiger partial charge is 0.327 e. The molecule has 2 rings (SSSR count). The van der Waals surface area contributed by atoms with Crippen LogP contribution in [0.15, 0.2) is 34.3 Å². The summed E-state index contributed by atoms with van der Waals surface area (Å²) in [5, 5.41) is 3.97. The molecule has 1 aromatic carbocycles. The Labute approximate surface area is 121 Å². The Hall–Kier alpha value is -1.40. The molecule has 108 valence electrons. The normalized spacial score (nSPS) is 12.7. The van der Waals surface area contributed by atoms with Crippen LogP contribution >= 0.6 is 11.8 Å². The van der Waals surface area contributed by atoms with Gasteiger partial charge in [-0.15, -0.1) is 0 Å². The summed E-state index contributed by atoms with van der Waals surface area (Å²) < 4.78 is 29.6. The van der Waals surface area contributed by atoms with Gasteiger partial charge in [-0.2, -0.15) is 5.10 Å². The van der Waals surface area contributed by atoms with Gasteiger partial charge in [-0.3, -0.25) is 4.68 Å². The van der Waals surface area contributed by atoms with Crippen molar-refractivity contribution in [2.24, 2.45) is 12.8 Å². The molecule has 0 spiro atoms. The van der Waals surface area contributed by atoms with Crippen molar-refractivity contribution in [2.45, 2.75) is 35.6 Å². The van der Waals surface area contributed by atoms with Crippen LogP contribution in [0.3, 0.4) is 0 Å². The predicted octanol–water partition coefficient (Wildman–Crippen LogP) is 3.13. The lowest BCUT2D eigenvalue weighted by Gasteiger charge is -2.11. The van der Waals surface area contributed by atoms with Crippen molar-refractivity contribution in [3.8, 4) is 0 Å². The zero-order chi connectivity index (χ0) is 14.7. The Bertz CT molecular complexity index is 575. The fourth-order valence-electron chi connectivity index (χ4n) is 1.84. The maximum atomic E-state index is 14.0. The molecular weight excluding hydrogens is 280 g/mol. The average Bonchev–Trinajstić information content (AvgIpc) is 2.79. The second-order valence-corrected chi connectivity index (χ2v) is 5.80. The highest BCUT2D eigenvalue weighted by atomic mass is 32.2. The summed E-state index contributed by atoms with van der Waals surface area (Å²) in [6, 6.07) is 2.64. The Morgan fingerprint density at radius 2 is 2.00 bits per heavy atom. The van der Waals surface area contributed by atoms with Gasteiger partial charge in [-0.1, -0.05) is 18.7 Å². The second-order valence-electron chi connectivity index (χ2n) is 4.71. The molecule has 0 amide bonds. The lowest BCUT2D eigenvalue weighted by atomic mass is 10.0. The van der Waals surface area contributed by atoms with E-state index in [1.165, 1.54) is 12.1 Å². The number of nitrogens with two attached hydrogens (primary N) is 1. The van der Waals surface area contributed by atoms with Crippen LogP contribution in [-0.2, 0) is 13.5 Å². The fourth-order valence-corrected chi connectivity index (χ4v) is 2.70. The van der Waals surface area contributed by atoms with Crippen molar-refractivity contribution < 1.29 is 8.78 Å². The van der Waals surface area contributed by atoms with Crippen LogP contribution in [0.1, 0.15) is 18.9 Å². The third kappa shape index (κ3) is 3.58. The monoisotopic (exact) mass is 297 g/mol. The third-order valence-electron chi connectivity index (χ3n) is 2.98. The van der Waals surface area contributed by atoms with Gasteiger partial charge >= 0.3 is 0 Å². The van der Waals surface area contributed by atoms with Crippen LogP contribution in [-0.4, -0.2) is 15.8 Å². The van der Waals surface area contributed by atoms with Gasteiger partial charge in [0.2, 0.25) is 0 Å². The first-order valence-corrected chi connectivity index (χ1v) is 7.21. The highest BCUT2D eigenvalue weighted by Gasteiger charge is 2.14. The molecule has 0 aliphatic heterocycles. The van der Waals surface area contributed by atoms with Crippen molar-refractivity contribution in [3.63, 3.8) is 0 Å². The van der Waals surface area contributed by atoms with Gasteiger partial charge in [-0.25, -0.2) is 8.78 Å². The second kappa shape index (κ2) is 6.37. The molecule has 1 unspecified atom stereocenters. The number of nitrogens with zero attached hydrogens (tertiary/aromatic N) is 2. The molecule has 20 heavy (non-hydrogen) atoms. The Morgan fingerprint density at radius 3 is 2.50 bits per heavy atom. The van der Waals surface area contributed by atoms with Crippen LogP contribution in [0.2, 0.25) is 0 Å². The number of rotatable bonds is 5. The standard InChI is InChI=1S/C14H17F2N3S/c1-3-10(17)4-9-5-12(15)14(13(16)6-9)20-11-7-18-19(2)8-11/h5-8,10H,3-4,17H2,1-2H3. The molecule has 0 bridgehead atoms. The van der Waals surface area contributed by atoms with Crippen LogP contribution in [0, 0.1) is 11.6 Å². The molecular formula is C14H17F2N3S. The minimum Gasteiger partial charge on any atom is -0.327 e. The van der Waals surface area contributed by atoms with Gasteiger partial charge in [0.05, 0.1) is 16.0 Å². The van der Waals surface area contributed by atoms with E-state index in [1.807, 2.05) is 6.92 Å². The molecule has 0 fully saturated rings. The zero-order valence-corrected chi connectivity index (χ0v) is 12.3. The molecule has 1 aromatic heterocycles. The van der Waals surface area contributed by atoms with Crippen molar-refractivity contribution in [1.29, 1.82) is 0 Å². The van der Waals surface area contributed by atoms with Crippen LogP contribution < -0.4 is 5.73 Å². The number of halogens is 2. The van der Waals surface area contributed by atoms with E-state index < -0.39 is 11.6 Å². The van der Waals surface area contributed by atoms with E-state index in [9.17, 15) is 8.78 Å². The smallest absolute Gasteiger partial charge is 0.140 e. The van der Waals surface area contributed by atoms with Crippen LogP contribution in [0.5, 0.6) is 0 Å². The molecule has 0 aliphatic carbocycles. The molecule has 0 aliphatic rings.